The first-order valence-corrected chi connectivity index (χ1v) is 7.11. The highest BCUT2D eigenvalue weighted by Crippen LogP contribution is 2.26. The van der Waals surface area contributed by atoms with Crippen molar-refractivity contribution in [1.29, 1.82) is 0 Å². The molecular formula is C11H15N3O4S. The summed E-state index contributed by atoms with van der Waals surface area (Å²) in [7, 11) is -3.90. The Morgan fingerprint density at radius 2 is 2.11 bits per heavy atom. The Kier molecular flexibility index (Phi) is 3.48. The van der Waals surface area contributed by atoms with Crippen molar-refractivity contribution in [1.82, 2.24) is 4.31 Å². The number of amides is 1. The molecule has 2 atom stereocenters. The van der Waals surface area contributed by atoms with Crippen LogP contribution < -0.4 is 11.5 Å². The van der Waals surface area contributed by atoms with Crippen LogP contribution in [0, 0.1) is 0 Å². The SMILES string of the molecule is NC(=O)C1CC(O)CN1S(=O)(=O)c1cccc(N)c1. The van der Waals surface area contributed by atoms with Gasteiger partial charge in [0.05, 0.1) is 11.0 Å². The van der Waals surface area contributed by atoms with E-state index in [1.807, 2.05) is 0 Å². The molecule has 1 fully saturated rings. The summed E-state index contributed by atoms with van der Waals surface area (Å²) >= 11 is 0. The lowest BCUT2D eigenvalue weighted by Crippen LogP contribution is -2.43. The van der Waals surface area contributed by atoms with E-state index in [2.05, 4.69) is 0 Å². The molecule has 1 aromatic rings. The Bertz CT molecular complexity index is 602. The number of rotatable bonds is 3. The fraction of sp³-hybridized carbons (Fsp3) is 0.364. The van der Waals surface area contributed by atoms with Gasteiger partial charge >= 0.3 is 0 Å². The Hall–Kier alpha value is -1.64. The van der Waals surface area contributed by atoms with Crippen LogP contribution in [0.25, 0.3) is 0 Å². The molecule has 8 heteroatoms. The van der Waals surface area contributed by atoms with Crippen molar-refractivity contribution in [2.75, 3.05) is 12.3 Å². The highest BCUT2D eigenvalue weighted by atomic mass is 32.2. The van der Waals surface area contributed by atoms with Gasteiger partial charge in [0.1, 0.15) is 6.04 Å². The van der Waals surface area contributed by atoms with Crippen LogP contribution in [0.15, 0.2) is 29.2 Å². The Morgan fingerprint density at radius 1 is 1.42 bits per heavy atom. The second-order valence-corrected chi connectivity index (χ2v) is 6.35. The number of nitrogen functional groups attached to an aromatic ring is 1. The standard InChI is InChI=1S/C11H15N3O4S/c12-7-2-1-3-9(4-7)19(17,18)14-6-8(15)5-10(14)11(13)16/h1-4,8,10,15H,5-6,12H2,(H2,13,16). The third-order valence-electron chi connectivity index (χ3n) is 3.03. The summed E-state index contributed by atoms with van der Waals surface area (Å²) in [6.45, 7) is -0.148. The van der Waals surface area contributed by atoms with E-state index < -0.39 is 28.1 Å². The number of β-amino-alcohol motifs (C(OH)–C–C–N with tert-alkyl or cyclic N) is 1. The molecule has 1 amide bonds. The molecule has 0 saturated carbocycles. The van der Waals surface area contributed by atoms with Crippen LogP contribution >= 0.6 is 0 Å². The number of anilines is 1. The summed E-state index contributed by atoms with van der Waals surface area (Å²) in [4.78, 5) is 11.3. The molecule has 1 aromatic carbocycles. The highest BCUT2D eigenvalue weighted by molar-refractivity contribution is 7.89. The molecule has 0 aromatic heterocycles. The summed E-state index contributed by atoms with van der Waals surface area (Å²) in [5.41, 5.74) is 11.0. The molecule has 1 saturated heterocycles. The summed E-state index contributed by atoms with van der Waals surface area (Å²) < 4.78 is 25.7. The van der Waals surface area contributed by atoms with Crippen LogP contribution in [0.3, 0.4) is 0 Å². The summed E-state index contributed by atoms with van der Waals surface area (Å²) in [5.74, 6) is -0.774. The fourth-order valence-corrected chi connectivity index (χ4v) is 3.82. The first-order valence-electron chi connectivity index (χ1n) is 5.67. The number of sulfonamides is 1. The minimum atomic E-state index is -3.90. The second-order valence-electron chi connectivity index (χ2n) is 4.45. The third-order valence-corrected chi connectivity index (χ3v) is 4.90. The van der Waals surface area contributed by atoms with Gasteiger partial charge in [0.25, 0.3) is 0 Å². The number of carbonyl (C=O) groups excluding carboxylic acids is 1. The quantitative estimate of drug-likeness (QED) is 0.606. The van der Waals surface area contributed by atoms with E-state index in [1.165, 1.54) is 18.2 Å². The van der Waals surface area contributed by atoms with Gasteiger partial charge < -0.3 is 16.6 Å². The van der Waals surface area contributed by atoms with Gasteiger partial charge in [-0.15, -0.1) is 0 Å². The second kappa shape index (κ2) is 4.80. The van der Waals surface area contributed by atoms with Crippen LogP contribution in [-0.4, -0.2) is 42.4 Å². The summed E-state index contributed by atoms with van der Waals surface area (Å²) in [6.07, 6.45) is -0.884. The van der Waals surface area contributed by atoms with Crippen molar-refractivity contribution in [3.63, 3.8) is 0 Å². The van der Waals surface area contributed by atoms with Crippen molar-refractivity contribution in [2.45, 2.75) is 23.5 Å². The van der Waals surface area contributed by atoms with Crippen LogP contribution in [0.1, 0.15) is 6.42 Å². The minimum Gasteiger partial charge on any atom is -0.399 e. The minimum absolute atomic E-state index is 0.0108. The lowest BCUT2D eigenvalue weighted by molar-refractivity contribution is -0.121. The van der Waals surface area contributed by atoms with Crippen molar-refractivity contribution in [3.8, 4) is 0 Å². The van der Waals surface area contributed by atoms with Gasteiger partial charge in [-0.25, -0.2) is 8.42 Å². The molecule has 0 spiro atoms. The van der Waals surface area contributed by atoms with Crippen LogP contribution in [0.5, 0.6) is 0 Å². The van der Waals surface area contributed by atoms with E-state index in [4.69, 9.17) is 11.5 Å². The lowest BCUT2D eigenvalue weighted by atomic mass is 10.2. The van der Waals surface area contributed by atoms with Crippen LogP contribution in [0.4, 0.5) is 5.69 Å². The zero-order valence-corrected chi connectivity index (χ0v) is 10.9. The van der Waals surface area contributed by atoms with E-state index in [0.717, 1.165) is 4.31 Å². The number of hydrogen-bond donors (Lipinski definition) is 3. The molecule has 0 bridgehead atoms. The number of nitrogens with two attached hydrogens (primary N) is 2. The molecule has 2 unspecified atom stereocenters. The number of primary amides is 1. The molecule has 1 heterocycles. The third kappa shape index (κ3) is 2.55. The van der Waals surface area contributed by atoms with E-state index in [1.54, 1.807) is 6.07 Å². The average Bonchev–Trinajstić information content (AvgIpc) is 2.72. The number of nitrogens with zero attached hydrogens (tertiary/aromatic N) is 1. The lowest BCUT2D eigenvalue weighted by Gasteiger charge is -2.21. The van der Waals surface area contributed by atoms with Crippen molar-refractivity contribution < 1.29 is 18.3 Å². The van der Waals surface area contributed by atoms with Gasteiger partial charge in [0.15, 0.2) is 0 Å². The smallest absolute Gasteiger partial charge is 0.243 e. The van der Waals surface area contributed by atoms with E-state index in [9.17, 15) is 18.3 Å². The average molecular weight is 285 g/mol. The van der Waals surface area contributed by atoms with Crippen LogP contribution in [0.2, 0.25) is 0 Å². The maximum absolute atomic E-state index is 12.4. The molecule has 1 aliphatic heterocycles. The first-order chi connectivity index (χ1) is 8.82. The number of benzene rings is 1. The highest BCUT2D eigenvalue weighted by Gasteiger charge is 2.42. The molecular weight excluding hydrogens is 270 g/mol. The molecule has 0 aliphatic carbocycles. The van der Waals surface area contributed by atoms with Gasteiger partial charge in [0.2, 0.25) is 15.9 Å². The largest absolute Gasteiger partial charge is 0.399 e. The van der Waals surface area contributed by atoms with Gasteiger partial charge in [-0.1, -0.05) is 6.07 Å². The number of aliphatic hydroxyl groups is 1. The molecule has 2 rings (SSSR count). The Morgan fingerprint density at radius 3 is 2.68 bits per heavy atom. The van der Waals surface area contributed by atoms with Gasteiger partial charge in [-0.05, 0) is 18.2 Å². The molecule has 7 nitrogen and oxygen atoms in total. The molecule has 0 radical (unpaired) electrons. The normalized spacial score (nSPS) is 24.5. The Balaban J connectivity index is 2.41. The molecule has 19 heavy (non-hydrogen) atoms. The maximum Gasteiger partial charge on any atom is 0.243 e. The van der Waals surface area contributed by atoms with Gasteiger partial charge in [-0.3, -0.25) is 4.79 Å². The van der Waals surface area contributed by atoms with Crippen molar-refractivity contribution in [3.05, 3.63) is 24.3 Å². The van der Waals surface area contributed by atoms with Crippen LogP contribution in [-0.2, 0) is 14.8 Å². The monoisotopic (exact) mass is 285 g/mol. The number of hydrogen-bond acceptors (Lipinski definition) is 5. The maximum atomic E-state index is 12.4. The Labute approximate surface area is 110 Å². The van der Waals surface area contributed by atoms with Crippen molar-refractivity contribution in [2.24, 2.45) is 5.73 Å². The first kappa shape index (κ1) is 13.8. The predicted octanol–water partition coefficient (Wildman–Crippen LogP) is -1.12. The molecule has 1 aliphatic rings. The fourth-order valence-electron chi connectivity index (χ4n) is 2.12. The van der Waals surface area contributed by atoms with E-state index in [-0.39, 0.29) is 17.9 Å². The summed E-state index contributed by atoms with van der Waals surface area (Å²) in [5, 5.41) is 9.55. The zero-order valence-electron chi connectivity index (χ0n) is 10.1. The number of aliphatic hydroxyl groups excluding tert-OH is 1. The van der Waals surface area contributed by atoms with Gasteiger partial charge in [0, 0.05) is 18.7 Å². The molecule has 5 N–H and O–H groups in total. The molecule has 104 valence electrons. The van der Waals surface area contributed by atoms with Gasteiger partial charge in [-0.2, -0.15) is 4.31 Å². The predicted molar refractivity (Wildman–Crippen MR) is 68.4 cm³/mol. The zero-order chi connectivity index (χ0) is 14.2. The van der Waals surface area contributed by atoms with E-state index >= 15 is 0 Å². The van der Waals surface area contributed by atoms with E-state index in [0.29, 0.717) is 5.69 Å². The number of carbonyl (C=O) groups is 1. The van der Waals surface area contributed by atoms with Crippen molar-refractivity contribution >= 4 is 21.6 Å². The topological polar surface area (TPSA) is 127 Å². The summed E-state index contributed by atoms with van der Waals surface area (Å²) in [6, 6.07) is 4.73.